The van der Waals surface area contributed by atoms with Gasteiger partial charge in [0.25, 0.3) is 0 Å². The van der Waals surface area contributed by atoms with Gasteiger partial charge < -0.3 is 15.0 Å². The van der Waals surface area contributed by atoms with Crippen molar-refractivity contribution >= 4 is 5.91 Å². The maximum atomic E-state index is 12.4. The number of carbonyl (C=O) groups is 1. The molecule has 4 nitrogen and oxygen atoms in total. The summed E-state index contributed by atoms with van der Waals surface area (Å²) < 4.78 is 5.12. The zero-order chi connectivity index (χ0) is 14.3. The molecule has 19 heavy (non-hydrogen) atoms. The van der Waals surface area contributed by atoms with Crippen molar-refractivity contribution in [1.82, 2.24) is 10.2 Å². The summed E-state index contributed by atoms with van der Waals surface area (Å²) in [6, 6.07) is 0.289. The SMILES string of the molecule is COCC(C)CC(=O)N(CC1CCNCC1)C(C)C. The van der Waals surface area contributed by atoms with E-state index in [1.54, 1.807) is 7.11 Å². The molecule has 1 saturated heterocycles. The first-order chi connectivity index (χ1) is 9.04. The topological polar surface area (TPSA) is 41.6 Å². The molecule has 1 fully saturated rings. The van der Waals surface area contributed by atoms with Gasteiger partial charge in [0.05, 0.1) is 0 Å². The normalized spacial score (nSPS) is 18.6. The highest BCUT2D eigenvalue weighted by molar-refractivity contribution is 5.76. The fraction of sp³-hybridized carbons (Fsp3) is 0.933. The molecule has 0 aromatic rings. The summed E-state index contributed by atoms with van der Waals surface area (Å²) in [7, 11) is 1.69. The highest BCUT2D eigenvalue weighted by Crippen LogP contribution is 2.17. The lowest BCUT2D eigenvalue weighted by Gasteiger charge is -2.33. The van der Waals surface area contributed by atoms with Gasteiger partial charge in [0.15, 0.2) is 0 Å². The van der Waals surface area contributed by atoms with Crippen molar-refractivity contribution in [1.29, 1.82) is 0 Å². The van der Waals surface area contributed by atoms with Gasteiger partial charge in [0, 0.05) is 32.7 Å². The summed E-state index contributed by atoms with van der Waals surface area (Å²) in [5.41, 5.74) is 0. The van der Waals surface area contributed by atoms with Gasteiger partial charge in [-0.3, -0.25) is 4.79 Å². The molecule has 1 N–H and O–H groups in total. The van der Waals surface area contributed by atoms with E-state index in [1.165, 1.54) is 12.8 Å². The first-order valence-corrected chi connectivity index (χ1v) is 7.53. The Labute approximate surface area is 117 Å². The molecule has 0 saturated carbocycles. The molecule has 1 atom stereocenters. The summed E-state index contributed by atoms with van der Waals surface area (Å²) >= 11 is 0. The lowest BCUT2D eigenvalue weighted by atomic mass is 9.96. The molecule has 0 spiro atoms. The maximum absolute atomic E-state index is 12.4. The van der Waals surface area contributed by atoms with Crippen LogP contribution in [0.25, 0.3) is 0 Å². The summed E-state index contributed by atoms with van der Waals surface area (Å²) in [6.45, 7) is 10.0. The third-order valence-corrected chi connectivity index (χ3v) is 3.83. The largest absolute Gasteiger partial charge is 0.384 e. The molecule has 0 bridgehead atoms. The van der Waals surface area contributed by atoms with Gasteiger partial charge in [0.2, 0.25) is 5.91 Å². The Kier molecular flexibility index (Phi) is 7.39. The first kappa shape index (κ1) is 16.4. The minimum Gasteiger partial charge on any atom is -0.384 e. The average molecular weight is 270 g/mol. The van der Waals surface area contributed by atoms with E-state index in [0.717, 1.165) is 19.6 Å². The maximum Gasteiger partial charge on any atom is 0.223 e. The third kappa shape index (κ3) is 5.91. The lowest BCUT2D eigenvalue weighted by Crippen LogP contribution is -2.43. The van der Waals surface area contributed by atoms with Crippen LogP contribution in [0, 0.1) is 11.8 Å². The van der Waals surface area contributed by atoms with Crippen molar-refractivity contribution in [2.75, 3.05) is 33.4 Å². The lowest BCUT2D eigenvalue weighted by molar-refractivity contribution is -0.135. The van der Waals surface area contributed by atoms with E-state index in [9.17, 15) is 4.79 Å². The molecule has 0 radical (unpaired) electrons. The molecular weight excluding hydrogens is 240 g/mol. The number of ether oxygens (including phenoxy) is 1. The Morgan fingerprint density at radius 3 is 2.47 bits per heavy atom. The van der Waals surface area contributed by atoms with Gasteiger partial charge in [-0.25, -0.2) is 0 Å². The van der Waals surface area contributed by atoms with Crippen LogP contribution in [-0.2, 0) is 9.53 Å². The van der Waals surface area contributed by atoms with Crippen LogP contribution in [-0.4, -0.2) is 50.2 Å². The van der Waals surface area contributed by atoms with Crippen LogP contribution in [0.4, 0.5) is 0 Å². The third-order valence-electron chi connectivity index (χ3n) is 3.83. The molecule has 1 rings (SSSR count). The Balaban J connectivity index is 2.48. The number of piperidine rings is 1. The fourth-order valence-electron chi connectivity index (χ4n) is 2.70. The van der Waals surface area contributed by atoms with Gasteiger partial charge in [-0.05, 0) is 51.6 Å². The van der Waals surface area contributed by atoms with Crippen molar-refractivity contribution in [3.63, 3.8) is 0 Å². The second-order valence-corrected chi connectivity index (χ2v) is 6.10. The summed E-state index contributed by atoms with van der Waals surface area (Å²) in [5, 5.41) is 3.38. The van der Waals surface area contributed by atoms with E-state index in [1.807, 2.05) is 0 Å². The van der Waals surface area contributed by atoms with Crippen LogP contribution in [0.1, 0.15) is 40.0 Å². The van der Waals surface area contributed by atoms with Crippen molar-refractivity contribution in [3.05, 3.63) is 0 Å². The number of hydrogen-bond acceptors (Lipinski definition) is 3. The van der Waals surface area contributed by atoms with E-state index in [2.05, 4.69) is 31.0 Å². The molecule has 1 unspecified atom stereocenters. The van der Waals surface area contributed by atoms with Crippen LogP contribution >= 0.6 is 0 Å². The number of methoxy groups -OCH3 is 1. The predicted molar refractivity (Wildman–Crippen MR) is 78.1 cm³/mol. The summed E-state index contributed by atoms with van der Waals surface area (Å²) in [6.07, 6.45) is 2.96. The van der Waals surface area contributed by atoms with Crippen LogP contribution in [0.2, 0.25) is 0 Å². The Hall–Kier alpha value is -0.610. The molecule has 0 aliphatic carbocycles. The average Bonchev–Trinajstić information content (AvgIpc) is 2.36. The van der Waals surface area contributed by atoms with Crippen molar-refractivity contribution in [3.8, 4) is 0 Å². The van der Waals surface area contributed by atoms with Gasteiger partial charge >= 0.3 is 0 Å². The van der Waals surface area contributed by atoms with Gasteiger partial charge in [-0.15, -0.1) is 0 Å². The second-order valence-electron chi connectivity index (χ2n) is 6.10. The van der Waals surface area contributed by atoms with Gasteiger partial charge in [0.1, 0.15) is 0 Å². The quantitative estimate of drug-likeness (QED) is 0.768. The molecule has 1 amide bonds. The minimum absolute atomic E-state index is 0.276. The summed E-state index contributed by atoms with van der Waals surface area (Å²) in [5.74, 6) is 1.23. The van der Waals surface area contributed by atoms with Crippen LogP contribution in [0.3, 0.4) is 0 Å². The van der Waals surface area contributed by atoms with E-state index < -0.39 is 0 Å². The van der Waals surface area contributed by atoms with Crippen LogP contribution in [0.15, 0.2) is 0 Å². The summed E-state index contributed by atoms with van der Waals surface area (Å²) in [4.78, 5) is 14.5. The Morgan fingerprint density at radius 2 is 1.95 bits per heavy atom. The van der Waals surface area contributed by atoms with Crippen LogP contribution < -0.4 is 5.32 Å². The van der Waals surface area contributed by atoms with E-state index >= 15 is 0 Å². The number of hydrogen-bond donors (Lipinski definition) is 1. The minimum atomic E-state index is 0.276. The number of carbonyl (C=O) groups excluding carboxylic acids is 1. The monoisotopic (exact) mass is 270 g/mol. The van der Waals surface area contributed by atoms with Crippen molar-refractivity contribution < 1.29 is 9.53 Å². The van der Waals surface area contributed by atoms with Crippen molar-refractivity contribution in [2.24, 2.45) is 11.8 Å². The van der Waals surface area contributed by atoms with E-state index in [0.29, 0.717) is 24.9 Å². The molecule has 0 aromatic heterocycles. The van der Waals surface area contributed by atoms with Gasteiger partial charge in [-0.2, -0.15) is 0 Å². The Morgan fingerprint density at radius 1 is 1.32 bits per heavy atom. The molecule has 4 heteroatoms. The van der Waals surface area contributed by atoms with E-state index in [4.69, 9.17) is 4.74 Å². The highest BCUT2D eigenvalue weighted by atomic mass is 16.5. The zero-order valence-corrected chi connectivity index (χ0v) is 12.9. The molecule has 1 aliphatic heterocycles. The number of nitrogens with one attached hydrogen (secondary N) is 1. The molecular formula is C15H30N2O2. The molecule has 0 aromatic carbocycles. The zero-order valence-electron chi connectivity index (χ0n) is 12.9. The standard InChI is InChI=1S/C15H30N2O2/c1-12(2)17(10-14-5-7-16-8-6-14)15(18)9-13(3)11-19-4/h12-14,16H,5-11H2,1-4H3. The number of amides is 1. The number of rotatable bonds is 7. The van der Waals surface area contributed by atoms with Crippen molar-refractivity contribution in [2.45, 2.75) is 46.1 Å². The first-order valence-electron chi connectivity index (χ1n) is 7.53. The fourth-order valence-corrected chi connectivity index (χ4v) is 2.70. The predicted octanol–water partition coefficient (Wildman–Crippen LogP) is 1.90. The Bertz CT molecular complexity index is 263. The molecule has 1 aliphatic rings. The van der Waals surface area contributed by atoms with Gasteiger partial charge in [-0.1, -0.05) is 6.92 Å². The van der Waals surface area contributed by atoms with E-state index in [-0.39, 0.29) is 11.9 Å². The second kappa shape index (κ2) is 8.54. The molecule has 112 valence electrons. The smallest absolute Gasteiger partial charge is 0.223 e. The number of nitrogens with zero attached hydrogens (tertiary/aromatic N) is 1. The van der Waals surface area contributed by atoms with Crippen LogP contribution in [0.5, 0.6) is 0 Å². The molecule has 1 heterocycles. The highest BCUT2D eigenvalue weighted by Gasteiger charge is 2.23.